The van der Waals surface area contributed by atoms with Gasteiger partial charge in [-0.05, 0) is 24.3 Å². The van der Waals surface area contributed by atoms with Crippen molar-refractivity contribution in [3.63, 3.8) is 0 Å². The number of aliphatic carboxylic acids is 1. The average Bonchev–Trinajstić information content (AvgIpc) is 2.44. The molecule has 6 nitrogen and oxygen atoms in total. The summed E-state index contributed by atoms with van der Waals surface area (Å²) in [5.41, 5.74) is 1.08. The van der Waals surface area contributed by atoms with Crippen molar-refractivity contribution in [2.45, 2.75) is 0 Å². The molecule has 1 heterocycles. The van der Waals surface area contributed by atoms with Gasteiger partial charge in [0.1, 0.15) is 12.3 Å². The van der Waals surface area contributed by atoms with E-state index < -0.39 is 5.97 Å². The Morgan fingerprint density at radius 1 is 1.35 bits per heavy atom. The summed E-state index contributed by atoms with van der Waals surface area (Å²) in [5, 5.41) is 9.46. The molecular formula is C14H14N2O4. The van der Waals surface area contributed by atoms with Crippen molar-refractivity contribution >= 4 is 22.8 Å². The van der Waals surface area contributed by atoms with E-state index in [1.54, 1.807) is 31.4 Å². The van der Waals surface area contributed by atoms with Gasteiger partial charge in [0.05, 0.1) is 18.2 Å². The molecule has 2 aromatic rings. The molecule has 0 fully saturated rings. The van der Waals surface area contributed by atoms with Crippen LogP contribution in [-0.4, -0.2) is 47.6 Å². The number of pyridine rings is 1. The Balaban J connectivity index is 2.35. The molecule has 104 valence electrons. The molecule has 1 N–H and O–H groups in total. The molecule has 0 unspecified atom stereocenters. The first-order valence-corrected chi connectivity index (χ1v) is 5.92. The van der Waals surface area contributed by atoms with E-state index in [0.29, 0.717) is 11.3 Å². The van der Waals surface area contributed by atoms with Crippen molar-refractivity contribution in [3.05, 3.63) is 36.0 Å². The minimum atomic E-state index is -1.06. The van der Waals surface area contributed by atoms with Crippen molar-refractivity contribution in [1.29, 1.82) is 0 Å². The SMILES string of the molecule is COc1ccc2ncc(C(=O)N(C)CC(=O)O)cc2c1. The fraction of sp³-hybridized carbons (Fsp3) is 0.214. The first kappa shape index (κ1) is 13.8. The number of benzene rings is 1. The van der Waals surface area contributed by atoms with Crippen molar-refractivity contribution in [2.75, 3.05) is 20.7 Å². The minimum Gasteiger partial charge on any atom is -0.497 e. The summed E-state index contributed by atoms with van der Waals surface area (Å²) in [6.45, 7) is -0.352. The topological polar surface area (TPSA) is 79.7 Å². The molecule has 20 heavy (non-hydrogen) atoms. The summed E-state index contributed by atoms with van der Waals surface area (Å²) < 4.78 is 5.12. The van der Waals surface area contributed by atoms with Crippen LogP contribution < -0.4 is 4.74 Å². The molecular weight excluding hydrogens is 260 g/mol. The summed E-state index contributed by atoms with van der Waals surface area (Å²) in [6.07, 6.45) is 1.44. The zero-order chi connectivity index (χ0) is 14.7. The maximum absolute atomic E-state index is 12.1. The Kier molecular flexibility index (Phi) is 3.84. The predicted molar refractivity (Wildman–Crippen MR) is 72.9 cm³/mol. The van der Waals surface area contributed by atoms with Crippen LogP contribution in [0.4, 0.5) is 0 Å². The van der Waals surface area contributed by atoms with E-state index in [1.165, 1.54) is 13.2 Å². The molecule has 0 aliphatic rings. The van der Waals surface area contributed by atoms with Crippen LogP contribution in [0.25, 0.3) is 10.9 Å². The van der Waals surface area contributed by atoms with Gasteiger partial charge in [-0.1, -0.05) is 0 Å². The Morgan fingerprint density at radius 3 is 2.75 bits per heavy atom. The molecule has 0 saturated heterocycles. The van der Waals surface area contributed by atoms with Gasteiger partial charge in [0.25, 0.3) is 5.91 Å². The molecule has 1 amide bonds. The van der Waals surface area contributed by atoms with E-state index in [0.717, 1.165) is 15.8 Å². The average molecular weight is 274 g/mol. The lowest BCUT2D eigenvalue weighted by molar-refractivity contribution is -0.137. The van der Waals surface area contributed by atoms with Crippen LogP contribution >= 0.6 is 0 Å². The first-order chi connectivity index (χ1) is 9.51. The Labute approximate surface area is 115 Å². The lowest BCUT2D eigenvalue weighted by Gasteiger charge is -2.14. The molecule has 0 atom stereocenters. The molecule has 0 spiro atoms. The molecule has 0 aliphatic heterocycles. The van der Waals surface area contributed by atoms with Gasteiger partial charge in [0, 0.05) is 18.6 Å². The van der Waals surface area contributed by atoms with E-state index in [9.17, 15) is 9.59 Å². The summed E-state index contributed by atoms with van der Waals surface area (Å²) in [7, 11) is 3.00. The maximum Gasteiger partial charge on any atom is 0.323 e. The monoisotopic (exact) mass is 274 g/mol. The second kappa shape index (κ2) is 5.56. The number of amides is 1. The van der Waals surface area contributed by atoms with E-state index in [1.807, 2.05) is 0 Å². The summed E-state index contributed by atoms with van der Waals surface area (Å²) in [6, 6.07) is 7.03. The van der Waals surface area contributed by atoms with Crippen LogP contribution in [0.5, 0.6) is 5.75 Å². The number of nitrogens with zero attached hydrogens (tertiary/aromatic N) is 2. The molecule has 0 radical (unpaired) electrons. The van der Waals surface area contributed by atoms with Crippen molar-refractivity contribution in [2.24, 2.45) is 0 Å². The zero-order valence-electron chi connectivity index (χ0n) is 11.2. The highest BCUT2D eigenvalue weighted by molar-refractivity contribution is 5.98. The van der Waals surface area contributed by atoms with Crippen molar-refractivity contribution in [1.82, 2.24) is 9.88 Å². The molecule has 6 heteroatoms. The minimum absolute atomic E-state index is 0.342. The fourth-order valence-electron chi connectivity index (χ4n) is 1.85. The van der Waals surface area contributed by atoms with Gasteiger partial charge < -0.3 is 14.7 Å². The van der Waals surface area contributed by atoms with Crippen LogP contribution in [0.2, 0.25) is 0 Å². The summed E-state index contributed by atoms with van der Waals surface area (Å²) >= 11 is 0. The van der Waals surface area contributed by atoms with Gasteiger partial charge in [-0.25, -0.2) is 0 Å². The van der Waals surface area contributed by atoms with E-state index >= 15 is 0 Å². The number of fused-ring (bicyclic) bond motifs is 1. The lowest BCUT2D eigenvalue weighted by atomic mass is 10.1. The number of carboxylic acids is 1. The van der Waals surface area contributed by atoms with Crippen LogP contribution in [0.3, 0.4) is 0 Å². The van der Waals surface area contributed by atoms with Gasteiger partial charge in [-0.2, -0.15) is 0 Å². The Hall–Kier alpha value is -2.63. The maximum atomic E-state index is 12.1. The van der Waals surface area contributed by atoms with Crippen LogP contribution in [-0.2, 0) is 4.79 Å². The number of carbonyl (C=O) groups excluding carboxylic acids is 1. The number of carboxylic acid groups (broad SMARTS) is 1. The third kappa shape index (κ3) is 2.85. The standard InChI is InChI=1S/C14H14N2O4/c1-16(8-13(17)18)14(19)10-5-9-6-11(20-2)3-4-12(9)15-7-10/h3-7H,8H2,1-2H3,(H,17,18). The van der Waals surface area contributed by atoms with Gasteiger partial charge in [0.2, 0.25) is 0 Å². The normalized spacial score (nSPS) is 10.3. The third-order valence-electron chi connectivity index (χ3n) is 2.85. The number of ether oxygens (including phenoxy) is 1. The molecule has 1 aromatic heterocycles. The fourth-order valence-corrected chi connectivity index (χ4v) is 1.85. The summed E-state index contributed by atoms with van der Waals surface area (Å²) in [4.78, 5) is 28.0. The summed E-state index contributed by atoms with van der Waals surface area (Å²) in [5.74, 6) is -0.774. The first-order valence-electron chi connectivity index (χ1n) is 5.92. The number of hydrogen-bond donors (Lipinski definition) is 1. The molecule has 1 aromatic carbocycles. The highest BCUT2D eigenvalue weighted by Gasteiger charge is 2.15. The second-order valence-corrected chi connectivity index (χ2v) is 4.34. The number of likely N-dealkylation sites (N-methyl/N-ethyl adjacent to an activating group) is 1. The molecule has 0 saturated carbocycles. The molecule has 0 aliphatic carbocycles. The van der Waals surface area contributed by atoms with E-state index in [2.05, 4.69) is 4.98 Å². The van der Waals surface area contributed by atoms with Crippen molar-refractivity contribution in [3.8, 4) is 5.75 Å². The largest absolute Gasteiger partial charge is 0.497 e. The molecule has 0 bridgehead atoms. The van der Waals surface area contributed by atoms with Gasteiger partial charge in [-0.15, -0.1) is 0 Å². The highest BCUT2D eigenvalue weighted by Crippen LogP contribution is 2.20. The van der Waals surface area contributed by atoms with Crippen LogP contribution in [0.1, 0.15) is 10.4 Å². The van der Waals surface area contributed by atoms with Gasteiger partial charge in [0.15, 0.2) is 0 Å². The van der Waals surface area contributed by atoms with E-state index in [-0.39, 0.29) is 12.5 Å². The number of hydrogen-bond acceptors (Lipinski definition) is 4. The van der Waals surface area contributed by atoms with Gasteiger partial charge >= 0.3 is 5.97 Å². The number of rotatable bonds is 4. The van der Waals surface area contributed by atoms with Crippen LogP contribution in [0.15, 0.2) is 30.5 Å². The van der Waals surface area contributed by atoms with Gasteiger partial charge in [-0.3, -0.25) is 14.6 Å². The molecule has 2 rings (SSSR count). The lowest BCUT2D eigenvalue weighted by Crippen LogP contribution is -2.31. The second-order valence-electron chi connectivity index (χ2n) is 4.34. The Bertz CT molecular complexity index is 669. The smallest absolute Gasteiger partial charge is 0.323 e. The predicted octanol–water partition coefficient (Wildman–Crippen LogP) is 1.40. The van der Waals surface area contributed by atoms with Crippen molar-refractivity contribution < 1.29 is 19.4 Å². The zero-order valence-corrected chi connectivity index (χ0v) is 11.2. The highest BCUT2D eigenvalue weighted by atomic mass is 16.5. The Morgan fingerprint density at radius 2 is 2.10 bits per heavy atom. The third-order valence-corrected chi connectivity index (χ3v) is 2.85. The number of methoxy groups -OCH3 is 1. The van der Waals surface area contributed by atoms with E-state index in [4.69, 9.17) is 9.84 Å². The number of carbonyl (C=O) groups is 2. The quantitative estimate of drug-likeness (QED) is 0.911. The van der Waals surface area contributed by atoms with Crippen LogP contribution in [0, 0.1) is 0 Å². The number of aromatic nitrogens is 1.